The summed E-state index contributed by atoms with van der Waals surface area (Å²) in [4.78, 5) is 106. The predicted molar refractivity (Wildman–Crippen MR) is 456 cm³/mol. The molecule has 7 amide bonds. The van der Waals surface area contributed by atoms with Gasteiger partial charge in [-0.25, -0.2) is 0 Å². The highest BCUT2D eigenvalue weighted by Crippen LogP contribution is 2.50. The van der Waals surface area contributed by atoms with Gasteiger partial charge in [-0.15, -0.1) is 0 Å². The van der Waals surface area contributed by atoms with E-state index < -0.39 is 205 Å². The lowest BCUT2D eigenvalue weighted by molar-refractivity contribution is -0.330. The number of likely N-dealkylation sites (N-methyl/N-ethyl adjacent to an activating group) is 1. The van der Waals surface area contributed by atoms with Crippen LogP contribution in [0.2, 0.25) is 15.1 Å². The van der Waals surface area contributed by atoms with Gasteiger partial charge in [0.15, 0.2) is 29.9 Å². The van der Waals surface area contributed by atoms with E-state index in [1.54, 1.807) is 26.0 Å². The molecule has 1 saturated carbocycles. The fourth-order valence-electron chi connectivity index (χ4n) is 16.4. The van der Waals surface area contributed by atoms with Crippen LogP contribution in [0.5, 0.6) is 40.2 Å². The van der Waals surface area contributed by atoms with E-state index in [0.717, 1.165) is 34.9 Å². The summed E-state index contributed by atoms with van der Waals surface area (Å²) in [5.41, 5.74) is 13.7. The molecule has 7 aromatic rings. The van der Waals surface area contributed by atoms with Gasteiger partial charge in [-0.2, -0.15) is 0 Å². The van der Waals surface area contributed by atoms with Crippen LogP contribution in [0.3, 0.4) is 0 Å². The smallest absolute Gasteiger partial charge is 0.247 e. The summed E-state index contributed by atoms with van der Waals surface area (Å²) in [6.07, 6.45) is -15.6. The Morgan fingerprint density at radius 2 is 1.29 bits per heavy atom. The standard InChI is InChI=1S/C87H101Cl3N14O21/c1-37(2)25-56(95-5)80(114)103-70-73(110)44-17-23-59(53(89)27-44)121-61-29-46-30-62(77(61)125-86-78(76(113)75(112)63(36-105)123-86)124-65-34-55(72(109)39(4)120-65)96-35-40-10-13-41(14-11-40)42-15-19-47(88)20-16-42)122-60-24-18-45(28-54(60)90)74(111)71-85(119)102-69(83(117)97-48-7-6-8-49(22-21-48)98-87(93)94)52-31-50(106)32-58(107)66(52)51-26-43(12-9-38(51)3)68(82(116)104-71)100-79(92)67(46)101-81(115)57(33-64(91)108)99-84(70)118/h9-20,23-24,26-32,37,39,48-49,55-57,63,65,67-76,78,86,95-96,105-107,109-113H,6-8,21-22,25,33-36H2,1-5H3,(H2,91,108)(H2,92,100)(H,97,117)(H,99,118)(H,101,115)(H,102,119)(H,103,114)(H,104,116)(H4,93,94,98)/t39-,48?,49?,55?,56+,57-,63?,65-,67+,68+,69-,70+,71-,72?,73+,74+,75?,76?,78+,86+/m0/s1. The largest absolute Gasteiger partial charge is 0.508 e. The molecule has 20 atom stereocenters. The van der Waals surface area contributed by atoms with Crippen molar-refractivity contribution in [1.82, 2.24) is 53.2 Å². The minimum Gasteiger partial charge on any atom is -0.508 e. The number of ether oxygens (including phenoxy) is 6. The summed E-state index contributed by atoms with van der Waals surface area (Å²) in [5.74, 6) is -12.5. The Labute approximate surface area is 733 Å². The molecule has 0 aromatic heterocycles. The number of halogens is 3. The maximum Gasteiger partial charge on any atom is 0.247 e. The van der Waals surface area contributed by atoms with Crippen molar-refractivity contribution in [1.29, 1.82) is 10.8 Å². The minimum absolute atomic E-state index is 0.0817. The number of primary amides is 1. The number of nitrogens with two attached hydrogens (primary N) is 2. The van der Waals surface area contributed by atoms with E-state index in [1.807, 2.05) is 50.2 Å². The van der Waals surface area contributed by atoms with Crippen LogP contribution in [0.4, 0.5) is 0 Å². The number of amides is 7. The average molecular weight is 1790 g/mol. The number of rotatable bonds is 19. The van der Waals surface area contributed by atoms with Crippen molar-refractivity contribution < 1.29 is 103 Å². The van der Waals surface area contributed by atoms with Crippen LogP contribution in [0, 0.1) is 23.7 Å². The molecule has 2 saturated heterocycles. The van der Waals surface area contributed by atoms with Crippen molar-refractivity contribution >= 4 is 87.9 Å². The Hall–Kier alpha value is -11.0. The first kappa shape index (κ1) is 91.7. The molecule has 35 nitrogen and oxygen atoms in total. The number of nitrogens with one attached hydrogen (secondary N) is 12. The molecule has 7 heterocycles. The van der Waals surface area contributed by atoms with E-state index in [1.165, 1.54) is 67.7 Å². The highest BCUT2D eigenvalue weighted by Gasteiger charge is 2.51. The Morgan fingerprint density at radius 3 is 1.90 bits per heavy atom. The molecule has 15 rings (SSSR count). The lowest BCUT2D eigenvalue weighted by Gasteiger charge is -2.45. The van der Waals surface area contributed by atoms with Gasteiger partial charge in [-0.05, 0) is 182 Å². The first-order valence-electron chi connectivity index (χ1n) is 40.9. The van der Waals surface area contributed by atoms with Gasteiger partial charge in [-0.1, -0.05) is 109 Å². The Balaban J connectivity index is 0.970. The van der Waals surface area contributed by atoms with Crippen molar-refractivity contribution in [2.75, 3.05) is 13.7 Å². The Kier molecular flexibility index (Phi) is 29.1. The normalized spacial score (nSPS) is 27.4. The fraction of sp³-hybridized carbons (Fsp3) is 0.414. The third kappa shape index (κ3) is 21.2. The molecule has 0 spiro atoms. The molecule has 7 aromatic carbocycles. The number of carbonyl (C=O) groups is 7. The number of aryl methyl sites for hydroxylation is 1. The van der Waals surface area contributed by atoms with E-state index in [-0.39, 0.29) is 97.8 Å². The number of hydrogen-bond donors (Lipinski definition) is 22. The van der Waals surface area contributed by atoms with Crippen molar-refractivity contribution in [3.63, 3.8) is 0 Å². The van der Waals surface area contributed by atoms with E-state index >= 15 is 24.0 Å². The van der Waals surface area contributed by atoms with Crippen LogP contribution >= 0.6 is 34.8 Å². The van der Waals surface area contributed by atoms with Crippen LogP contribution in [-0.2, 0) is 54.3 Å². The lowest BCUT2D eigenvalue weighted by atomic mass is 9.87. The predicted octanol–water partition coefficient (Wildman–Crippen LogP) is 5.14. The number of aromatic hydroxyl groups is 2. The van der Waals surface area contributed by atoms with Crippen LogP contribution in [0.1, 0.15) is 141 Å². The second kappa shape index (κ2) is 39.7. The van der Waals surface area contributed by atoms with Crippen molar-refractivity contribution in [3.8, 4) is 62.5 Å². The quantitative estimate of drug-likeness (QED) is 0.0283. The second-order valence-corrected chi connectivity index (χ2v) is 33.7. The third-order valence-corrected chi connectivity index (χ3v) is 23.9. The molecular weight excluding hydrogens is 1680 g/mol. The Bertz CT molecular complexity index is 5220. The van der Waals surface area contributed by atoms with Crippen LogP contribution in [0.25, 0.3) is 22.3 Å². The van der Waals surface area contributed by atoms with Gasteiger partial charge in [0.1, 0.15) is 95.6 Å². The zero-order valence-electron chi connectivity index (χ0n) is 68.5. The first-order valence-corrected chi connectivity index (χ1v) is 42.0. The second-order valence-electron chi connectivity index (χ2n) is 32.5. The summed E-state index contributed by atoms with van der Waals surface area (Å²) in [6, 6.07) is 16.6. The van der Waals surface area contributed by atoms with E-state index in [9.17, 15) is 55.9 Å². The number of carbonyl (C=O) groups excluding carboxylic acids is 7. The van der Waals surface area contributed by atoms with Crippen molar-refractivity contribution in [2.24, 2.45) is 17.4 Å². The molecule has 666 valence electrons. The number of phenols is 2. The van der Waals surface area contributed by atoms with Gasteiger partial charge < -0.3 is 134 Å². The zero-order chi connectivity index (χ0) is 89.7. The molecule has 1 aliphatic carbocycles. The minimum atomic E-state index is -2.18. The van der Waals surface area contributed by atoms with Gasteiger partial charge >= 0.3 is 0 Å². The summed E-state index contributed by atoms with van der Waals surface area (Å²) < 4.78 is 39.9. The molecule has 7 unspecified atom stereocenters. The maximum atomic E-state index is 16.0. The Morgan fingerprint density at radius 1 is 0.656 bits per heavy atom. The number of hydrogen-bond acceptors (Lipinski definition) is 25. The molecular formula is C87H101Cl3N14O21. The molecule has 3 fully saturated rings. The topological polar surface area (TPSA) is 557 Å². The maximum absolute atomic E-state index is 16.0. The number of benzene rings is 7. The molecule has 24 N–H and O–H groups in total. The average Bonchev–Trinajstić information content (AvgIpc) is 0.802. The van der Waals surface area contributed by atoms with Gasteiger partial charge in [0, 0.05) is 47.7 Å². The highest BCUT2D eigenvalue weighted by molar-refractivity contribution is 6.32. The van der Waals surface area contributed by atoms with Crippen LogP contribution in [-0.4, -0.2) is 199 Å². The van der Waals surface area contributed by atoms with Crippen molar-refractivity contribution in [2.45, 2.75) is 207 Å². The SMILES string of the molecule is CN[C@H](CC(C)C)C(=O)N[C@H]1C(=O)N[C@@H](CC(N)=O)C(=O)N[C@H]2C(=N)N[C@H]3C(=O)N[C@H](C(=O)N[C@H](C(=O)NC4CCCC(NC(=N)N)CC4)c4cc(O)cc(O)c4-c4cc3ccc4C)[C@H](O)c3ccc(c(Cl)c3)Oc3cc2cc(c3O[C@H]2OC(CO)C(O)C(O)[C@H]2O[C@H]2CC(NCc3ccc(-c4ccc(Cl)cc4)cc3)C(O)[C@H](C)O2)Oc2ccc(cc2Cl)[C@H]1O. The zero-order valence-corrected chi connectivity index (χ0v) is 70.8. The molecule has 0 radical (unpaired) electrons. The highest BCUT2D eigenvalue weighted by atomic mass is 35.5. The monoisotopic (exact) mass is 1780 g/mol. The number of guanidine groups is 1. The van der Waals surface area contributed by atoms with Crippen LogP contribution < -0.4 is 78.8 Å². The third-order valence-electron chi connectivity index (χ3n) is 23.1. The van der Waals surface area contributed by atoms with E-state index in [2.05, 4.69) is 53.2 Å². The molecule has 38 heteroatoms. The van der Waals surface area contributed by atoms with Crippen LogP contribution in [0.15, 0.2) is 127 Å². The summed E-state index contributed by atoms with van der Waals surface area (Å²) in [6.45, 7) is 6.19. The van der Waals surface area contributed by atoms with Gasteiger partial charge in [0.25, 0.3) is 0 Å². The van der Waals surface area contributed by atoms with Gasteiger partial charge in [-0.3, -0.25) is 44.4 Å². The van der Waals surface area contributed by atoms with Gasteiger partial charge in [0.05, 0.1) is 41.3 Å². The number of amidine groups is 1. The molecule has 11 bridgehead atoms. The molecule has 125 heavy (non-hydrogen) atoms. The van der Waals surface area contributed by atoms with E-state index in [0.29, 0.717) is 42.7 Å². The number of aliphatic hydroxyl groups is 6. The number of fused-ring (bicyclic) bond motifs is 15. The number of phenolic OH excluding ortho intramolecular Hbond substituents is 2. The first-order chi connectivity index (χ1) is 59.6. The van der Waals surface area contributed by atoms with E-state index in [4.69, 9.17) is 80.1 Å². The molecule has 8 aliphatic rings. The molecule has 7 aliphatic heterocycles. The lowest BCUT2D eigenvalue weighted by Crippen LogP contribution is -2.63. The van der Waals surface area contributed by atoms with Gasteiger partial charge in [0.2, 0.25) is 53.4 Å². The summed E-state index contributed by atoms with van der Waals surface area (Å²) in [5, 5.41) is 142. The summed E-state index contributed by atoms with van der Waals surface area (Å²) in [7, 11) is 1.50. The summed E-state index contributed by atoms with van der Waals surface area (Å²) >= 11 is 20.7. The van der Waals surface area contributed by atoms with Crippen molar-refractivity contribution in [3.05, 3.63) is 181 Å². The number of aliphatic hydroxyl groups excluding tert-OH is 6. The fourth-order valence-corrected chi connectivity index (χ4v) is 17.0.